The van der Waals surface area contributed by atoms with Crippen LogP contribution >= 0.6 is 11.6 Å². The lowest BCUT2D eigenvalue weighted by atomic mass is 10.0. The molecule has 0 spiro atoms. The van der Waals surface area contributed by atoms with Crippen molar-refractivity contribution in [3.05, 3.63) is 34.9 Å². The Labute approximate surface area is 101 Å². The van der Waals surface area contributed by atoms with Crippen molar-refractivity contribution < 1.29 is 4.74 Å². The molecule has 0 saturated heterocycles. The Morgan fingerprint density at radius 3 is 2.62 bits per heavy atom. The van der Waals surface area contributed by atoms with Crippen LogP contribution in [0.1, 0.15) is 19.4 Å². The van der Waals surface area contributed by atoms with E-state index in [1.807, 2.05) is 26.0 Å². The topological polar surface area (TPSA) is 33.0 Å². The van der Waals surface area contributed by atoms with Crippen molar-refractivity contribution in [1.82, 2.24) is 0 Å². The largest absolute Gasteiger partial charge is 0.495 e. The molecular weight excluding hydrogens is 222 g/mol. The zero-order valence-corrected chi connectivity index (χ0v) is 10.4. The number of hydrogen-bond acceptors (Lipinski definition) is 2. The van der Waals surface area contributed by atoms with Gasteiger partial charge in [-0.1, -0.05) is 31.5 Å². The standard InChI is InChI=1S/C13H14ClNO/c1-9(2)6-11(8-15)10-4-5-13(16-3)12(14)7-10/h4-7,9H,1-3H3/b11-6+. The van der Waals surface area contributed by atoms with E-state index in [0.717, 1.165) is 5.56 Å². The molecule has 0 aliphatic rings. The SMILES string of the molecule is COc1ccc(/C(C#N)=C/C(C)C)cc1Cl. The number of ether oxygens (including phenoxy) is 1. The van der Waals surface area contributed by atoms with E-state index >= 15 is 0 Å². The summed E-state index contributed by atoms with van der Waals surface area (Å²) in [6.07, 6.45) is 1.91. The summed E-state index contributed by atoms with van der Waals surface area (Å²) in [5.41, 5.74) is 1.46. The fourth-order valence-corrected chi connectivity index (χ4v) is 1.62. The monoisotopic (exact) mass is 235 g/mol. The van der Waals surface area contributed by atoms with Gasteiger partial charge in [-0.05, 0) is 29.7 Å². The third-order valence-corrected chi connectivity index (χ3v) is 2.38. The molecule has 16 heavy (non-hydrogen) atoms. The van der Waals surface area contributed by atoms with Gasteiger partial charge in [0.05, 0.1) is 23.8 Å². The van der Waals surface area contributed by atoms with E-state index in [4.69, 9.17) is 21.6 Å². The molecule has 1 aromatic carbocycles. The van der Waals surface area contributed by atoms with Crippen LogP contribution < -0.4 is 4.74 Å². The molecule has 0 aliphatic heterocycles. The van der Waals surface area contributed by atoms with Gasteiger partial charge >= 0.3 is 0 Å². The van der Waals surface area contributed by atoms with Crippen molar-refractivity contribution in [2.45, 2.75) is 13.8 Å². The Kier molecular flexibility index (Phi) is 4.39. The molecule has 0 aliphatic carbocycles. The maximum atomic E-state index is 9.05. The molecule has 0 atom stereocenters. The molecule has 2 nitrogen and oxygen atoms in total. The summed E-state index contributed by atoms with van der Waals surface area (Å²) in [5, 5.41) is 9.57. The van der Waals surface area contributed by atoms with Crippen LogP contribution in [-0.4, -0.2) is 7.11 Å². The molecule has 0 radical (unpaired) electrons. The van der Waals surface area contributed by atoms with Gasteiger partial charge in [0.25, 0.3) is 0 Å². The molecule has 0 heterocycles. The van der Waals surface area contributed by atoms with Gasteiger partial charge in [-0.25, -0.2) is 0 Å². The van der Waals surface area contributed by atoms with Gasteiger partial charge < -0.3 is 4.74 Å². The number of nitrogens with zero attached hydrogens (tertiary/aromatic N) is 1. The van der Waals surface area contributed by atoms with Crippen LogP contribution in [0.3, 0.4) is 0 Å². The quantitative estimate of drug-likeness (QED) is 0.745. The van der Waals surface area contributed by atoms with Crippen LogP contribution in [0.15, 0.2) is 24.3 Å². The minimum atomic E-state index is 0.329. The van der Waals surface area contributed by atoms with Crippen molar-refractivity contribution in [1.29, 1.82) is 5.26 Å². The van der Waals surface area contributed by atoms with E-state index in [0.29, 0.717) is 22.3 Å². The van der Waals surface area contributed by atoms with E-state index in [-0.39, 0.29) is 0 Å². The molecular formula is C13H14ClNO. The Morgan fingerprint density at radius 1 is 1.50 bits per heavy atom. The Morgan fingerprint density at radius 2 is 2.19 bits per heavy atom. The summed E-state index contributed by atoms with van der Waals surface area (Å²) in [6, 6.07) is 7.53. The lowest BCUT2D eigenvalue weighted by Gasteiger charge is -2.06. The summed E-state index contributed by atoms with van der Waals surface area (Å²) < 4.78 is 5.06. The summed E-state index contributed by atoms with van der Waals surface area (Å²) in [4.78, 5) is 0. The van der Waals surface area contributed by atoms with Crippen molar-refractivity contribution in [3.8, 4) is 11.8 Å². The van der Waals surface area contributed by atoms with Gasteiger partial charge in [0, 0.05) is 0 Å². The van der Waals surface area contributed by atoms with Crippen LogP contribution in [0.5, 0.6) is 5.75 Å². The second-order valence-electron chi connectivity index (χ2n) is 3.79. The highest BCUT2D eigenvalue weighted by Crippen LogP contribution is 2.28. The lowest BCUT2D eigenvalue weighted by molar-refractivity contribution is 0.415. The molecule has 0 bridgehead atoms. The highest BCUT2D eigenvalue weighted by Gasteiger charge is 2.06. The van der Waals surface area contributed by atoms with Crippen LogP contribution in [0, 0.1) is 17.2 Å². The third-order valence-electron chi connectivity index (χ3n) is 2.08. The predicted octanol–water partition coefficient (Wildman–Crippen LogP) is 3.91. The molecule has 0 fully saturated rings. The molecule has 1 aromatic rings. The first kappa shape index (κ1) is 12.6. The minimum absolute atomic E-state index is 0.329. The molecule has 3 heteroatoms. The number of benzene rings is 1. The lowest BCUT2D eigenvalue weighted by Crippen LogP contribution is -1.89. The number of methoxy groups -OCH3 is 1. The highest BCUT2D eigenvalue weighted by molar-refractivity contribution is 6.32. The predicted molar refractivity (Wildman–Crippen MR) is 66.4 cm³/mol. The van der Waals surface area contributed by atoms with Crippen molar-refractivity contribution in [2.75, 3.05) is 7.11 Å². The fourth-order valence-electron chi connectivity index (χ4n) is 1.37. The summed E-state index contributed by atoms with van der Waals surface area (Å²) in [7, 11) is 1.57. The van der Waals surface area contributed by atoms with E-state index in [9.17, 15) is 0 Å². The maximum absolute atomic E-state index is 9.05. The zero-order valence-electron chi connectivity index (χ0n) is 9.62. The van der Waals surface area contributed by atoms with Gasteiger partial charge in [0.15, 0.2) is 0 Å². The first-order valence-electron chi connectivity index (χ1n) is 5.04. The van der Waals surface area contributed by atoms with Crippen LogP contribution in [0.2, 0.25) is 5.02 Å². The van der Waals surface area contributed by atoms with Gasteiger partial charge in [-0.15, -0.1) is 0 Å². The summed E-state index contributed by atoms with van der Waals surface area (Å²) >= 11 is 6.01. The number of nitriles is 1. The smallest absolute Gasteiger partial charge is 0.137 e. The summed E-state index contributed by atoms with van der Waals surface area (Å²) in [5.74, 6) is 0.947. The number of allylic oxidation sites excluding steroid dienone is 2. The van der Waals surface area contributed by atoms with Gasteiger partial charge in [0.2, 0.25) is 0 Å². The van der Waals surface area contributed by atoms with Crippen LogP contribution in [0.25, 0.3) is 5.57 Å². The maximum Gasteiger partial charge on any atom is 0.137 e. The molecule has 0 unspecified atom stereocenters. The molecule has 1 rings (SSSR count). The number of rotatable bonds is 3. The fraction of sp³-hybridized carbons (Fsp3) is 0.308. The first-order chi connectivity index (χ1) is 7.58. The Hall–Kier alpha value is -1.46. The highest BCUT2D eigenvalue weighted by atomic mass is 35.5. The number of hydrogen-bond donors (Lipinski definition) is 0. The average Bonchev–Trinajstić information content (AvgIpc) is 2.25. The van der Waals surface area contributed by atoms with Crippen molar-refractivity contribution >= 4 is 17.2 Å². The Bertz CT molecular complexity index is 444. The van der Waals surface area contributed by atoms with Gasteiger partial charge in [-0.2, -0.15) is 5.26 Å². The van der Waals surface area contributed by atoms with Crippen molar-refractivity contribution in [2.24, 2.45) is 5.92 Å². The van der Waals surface area contributed by atoms with Gasteiger partial charge in [0.1, 0.15) is 5.75 Å². The Balaban J connectivity index is 3.14. The van der Waals surface area contributed by atoms with E-state index < -0.39 is 0 Å². The van der Waals surface area contributed by atoms with Crippen molar-refractivity contribution in [3.63, 3.8) is 0 Å². The van der Waals surface area contributed by atoms with E-state index in [2.05, 4.69) is 6.07 Å². The molecule has 0 saturated carbocycles. The first-order valence-corrected chi connectivity index (χ1v) is 5.42. The normalized spacial score (nSPS) is 11.4. The van der Waals surface area contributed by atoms with Gasteiger partial charge in [-0.3, -0.25) is 0 Å². The molecule has 0 amide bonds. The molecule has 0 aromatic heterocycles. The third kappa shape index (κ3) is 3.01. The molecule has 0 N–H and O–H groups in total. The van der Waals surface area contributed by atoms with E-state index in [1.165, 1.54) is 0 Å². The van der Waals surface area contributed by atoms with Crippen LogP contribution in [-0.2, 0) is 0 Å². The second kappa shape index (κ2) is 5.58. The summed E-state index contributed by atoms with van der Waals surface area (Å²) in [6.45, 7) is 4.06. The van der Waals surface area contributed by atoms with Crippen LogP contribution in [0.4, 0.5) is 0 Å². The zero-order chi connectivity index (χ0) is 12.1. The average molecular weight is 236 g/mol. The number of halogens is 1. The second-order valence-corrected chi connectivity index (χ2v) is 4.19. The van der Waals surface area contributed by atoms with E-state index in [1.54, 1.807) is 19.2 Å². The minimum Gasteiger partial charge on any atom is -0.495 e. The molecule has 84 valence electrons.